The summed E-state index contributed by atoms with van der Waals surface area (Å²) in [5.41, 5.74) is 0.630. The molecule has 2 aromatic carbocycles. The Balaban J connectivity index is 2.04. The molecule has 0 saturated heterocycles. The first kappa shape index (κ1) is 20.5. The highest BCUT2D eigenvalue weighted by molar-refractivity contribution is 7.95. The molecule has 1 aromatic heterocycles. The first-order valence-electron chi connectivity index (χ1n) is 8.30. The van der Waals surface area contributed by atoms with Crippen LogP contribution in [-0.4, -0.2) is 14.2 Å². The summed E-state index contributed by atoms with van der Waals surface area (Å²) in [7, 11) is -3.97. The van der Waals surface area contributed by atoms with Crippen molar-refractivity contribution in [2.75, 3.05) is 0 Å². The molecule has 0 radical (unpaired) electrons. The first-order chi connectivity index (χ1) is 13.2. The standard InChI is InChI=1S/C21H16ClFO3S2/c1-14-2-11-19(27-14)12-20(21(24)16-5-7-17(22)8-6-16)28(25,26)13-15-3-9-18(23)10-4-15/h2-12H,13H2,1H3/b20-12+. The van der Waals surface area contributed by atoms with E-state index in [0.717, 1.165) is 4.88 Å². The second-order valence-electron chi connectivity index (χ2n) is 6.18. The molecule has 28 heavy (non-hydrogen) atoms. The normalized spacial score (nSPS) is 12.2. The van der Waals surface area contributed by atoms with E-state index in [1.54, 1.807) is 6.07 Å². The zero-order valence-electron chi connectivity index (χ0n) is 14.9. The summed E-state index contributed by atoms with van der Waals surface area (Å²) in [4.78, 5) is 14.4. The van der Waals surface area contributed by atoms with Crippen molar-refractivity contribution in [2.45, 2.75) is 12.7 Å². The van der Waals surface area contributed by atoms with E-state index < -0.39 is 27.2 Å². The second kappa shape index (κ2) is 8.39. The van der Waals surface area contributed by atoms with Gasteiger partial charge in [0.15, 0.2) is 9.84 Å². The number of benzene rings is 2. The molecule has 3 nitrogen and oxygen atoms in total. The fraction of sp³-hybridized carbons (Fsp3) is 0.0952. The highest BCUT2D eigenvalue weighted by atomic mass is 35.5. The van der Waals surface area contributed by atoms with Gasteiger partial charge in [-0.3, -0.25) is 4.79 Å². The Hall–Kier alpha value is -2.28. The summed E-state index contributed by atoms with van der Waals surface area (Å²) in [6.45, 7) is 1.90. The third-order valence-corrected chi connectivity index (χ3v) is 6.86. The highest BCUT2D eigenvalue weighted by Gasteiger charge is 2.27. The third-order valence-electron chi connectivity index (χ3n) is 3.97. The number of carbonyl (C=O) groups is 1. The predicted molar refractivity (Wildman–Crippen MR) is 112 cm³/mol. The number of rotatable bonds is 6. The van der Waals surface area contributed by atoms with Gasteiger partial charge in [0, 0.05) is 20.3 Å². The van der Waals surface area contributed by atoms with E-state index in [9.17, 15) is 17.6 Å². The van der Waals surface area contributed by atoms with Gasteiger partial charge in [0.1, 0.15) is 10.7 Å². The number of ketones is 1. The Kier molecular flexibility index (Phi) is 6.13. The molecule has 0 unspecified atom stereocenters. The zero-order valence-corrected chi connectivity index (χ0v) is 17.2. The Morgan fingerprint density at radius 2 is 1.68 bits per heavy atom. The Morgan fingerprint density at radius 1 is 1.04 bits per heavy atom. The van der Waals surface area contributed by atoms with Gasteiger partial charge in [-0.1, -0.05) is 23.7 Å². The van der Waals surface area contributed by atoms with E-state index in [4.69, 9.17) is 11.6 Å². The van der Waals surface area contributed by atoms with Crippen molar-refractivity contribution in [3.63, 3.8) is 0 Å². The number of thiophene rings is 1. The minimum atomic E-state index is -3.97. The van der Waals surface area contributed by atoms with Gasteiger partial charge in [0.25, 0.3) is 0 Å². The molecule has 7 heteroatoms. The van der Waals surface area contributed by atoms with Gasteiger partial charge in [-0.15, -0.1) is 11.3 Å². The van der Waals surface area contributed by atoms with Crippen LogP contribution in [0.1, 0.15) is 25.7 Å². The lowest BCUT2D eigenvalue weighted by Crippen LogP contribution is -2.16. The molecule has 0 aliphatic carbocycles. The summed E-state index contributed by atoms with van der Waals surface area (Å²) < 4.78 is 39.3. The molecule has 0 fully saturated rings. The number of sulfone groups is 1. The molecule has 0 spiro atoms. The summed E-state index contributed by atoms with van der Waals surface area (Å²) >= 11 is 7.26. The van der Waals surface area contributed by atoms with Gasteiger partial charge in [-0.2, -0.15) is 0 Å². The first-order valence-corrected chi connectivity index (χ1v) is 11.1. The largest absolute Gasteiger partial charge is 0.288 e. The predicted octanol–water partition coefficient (Wildman–Crippen LogP) is 5.69. The monoisotopic (exact) mass is 434 g/mol. The van der Waals surface area contributed by atoms with Crippen molar-refractivity contribution in [1.29, 1.82) is 0 Å². The van der Waals surface area contributed by atoms with Gasteiger partial charge in [-0.05, 0) is 67.1 Å². The summed E-state index contributed by atoms with van der Waals surface area (Å²) in [6.07, 6.45) is 1.40. The number of hydrogen-bond donors (Lipinski definition) is 0. The summed E-state index contributed by atoms with van der Waals surface area (Å²) in [5.74, 6) is -1.46. The van der Waals surface area contributed by atoms with Crippen molar-refractivity contribution in [1.82, 2.24) is 0 Å². The van der Waals surface area contributed by atoms with E-state index in [2.05, 4.69) is 0 Å². The molecule has 0 bridgehead atoms. The maximum absolute atomic E-state index is 13.1. The maximum atomic E-state index is 13.1. The van der Waals surface area contributed by atoms with Crippen LogP contribution < -0.4 is 0 Å². The minimum absolute atomic E-state index is 0.228. The lowest BCUT2D eigenvalue weighted by molar-refractivity contribution is 0.104. The van der Waals surface area contributed by atoms with E-state index in [1.165, 1.54) is 65.9 Å². The van der Waals surface area contributed by atoms with Crippen LogP contribution >= 0.6 is 22.9 Å². The molecule has 3 aromatic rings. The van der Waals surface area contributed by atoms with E-state index in [0.29, 0.717) is 15.5 Å². The molecule has 1 heterocycles. The fourth-order valence-electron chi connectivity index (χ4n) is 2.58. The van der Waals surface area contributed by atoms with Crippen LogP contribution in [0.4, 0.5) is 4.39 Å². The number of allylic oxidation sites excluding steroid dienone is 1. The van der Waals surface area contributed by atoms with Crippen molar-refractivity contribution in [3.8, 4) is 0 Å². The van der Waals surface area contributed by atoms with E-state index >= 15 is 0 Å². The molecular weight excluding hydrogens is 419 g/mol. The molecule has 0 saturated carbocycles. The third kappa shape index (κ3) is 4.95. The Labute approximate surface area is 172 Å². The smallest absolute Gasteiger partial charge is 0.204 e. The van der Waals surface area contributed by atoms with Gasteiger partial charge >= 0.3 is 0 Å². The quantitative estimate of drug-likeness (QED) is 0.370. The number of Topliss-reactive ketones (excluding diaryl/α,β-unsaturated/α-hetero) is 1. The van der Waals surface area contributed by atoms with Crippen LogP contribution in [0.15, 0.2) is 65.6 Å². The zero-order chi connectivity index (χ0) is 20.3. The molecule has 0 N–H and O–H groups in total. The molecule has 0 amide bonds. The highest BCUT2D eigenvalue weighted by Crippen LogP contribution is 2.26. The summed E-state index contributed by atoms with van der Waals surface area (Å²) in [6, 6.07) is 14.9. The fourth-order valence-corrected chi connectivity index (χ4v) is 5.09. The van der Waals surface area contributed by atoms with Crippen LogP contribution in [-0.2, 0) is 15.6 Å². The van der Waals surface area contributed by atoms with Crippen LogP contribution in [0.3, 0.4) is 0 Å². The molecule has 144 valence electrons. The van der Waals surface area contributed by atoms with Crippen molar-refractivity contribution in [2.24, 2.45) is 0 Å². The minimum Gasteiger partial charge on any atom is -0.288 e. The SMILES string of the molecule is Cc1ccc(/C=C(\C(=O)c2ccc(Cl)cc2)S(=O)(=O)Cc2ccc(F)cc2)s1. The van der Waals surface area contributed by atoms with Crippen molar-refractivity contribution >= 4 is 44.6 Å². The molecular formula is C21H16ClFO3S2. The van der Waals surface area contributed by atoms with Crippen LogP contribution in [0.5, 0.6) is 0 Å². The topological polar surface area (TPSA) is 51.2 Å². The Morgan fingerprint density at radius 3 is 2.25 bits per heavy atom. The average Bonchev–Trinajstić information content (AvgIpc) is 3.06. The lowest BCUT2D eigenvalue weighted by Gasteiger charge is -2.09. The summed E-state index contributed by atoms with van der Waals surface area (Å²) in [5, 5.41) is 0.449. The van der Waals surface area contributed by atoms with Gasteiger partial charge in [0.05, 0.1) is 5.75 Å². The van der Waals surface area contributed by atoms with Crippen molar-refractivity contribution in [3.05, 3.63) is 97.3 Å². The van der Waals surface area contributed by atoms with E-state index in [-0.39, 0.29) is 10.5 Å². The number of halogens is 2. The molecule has 3 rings (SSSR count). The van der Waals surface area contributed by atoms with E-state index in [1.807, 2.05) is 13.0 Å². The molecule has 0 aliphatic heterocycles. The molecule has 0 atom stereocenters. The molecule has 0 aliphatic rings. The van der Waals surface area contributed by atoms with Crippen LogP contribution in [0.25, 0.3) is 6.08 Å². The van der Waals surface area contributed by atoms with Crippen LogP contribution in [0.2, 0.25) is 5.02 Å². The second-order valence-corrected chi connectivity index (χ2v) is 9.89. The maximum Gasteiger partial charge on any atom is 0.204 e. The van der Waals surface area contributed by atoms with Crippen molar-refractivity contribution < 1.29 is 17.6 Å². The van der Waals surface area contributed by atoms with Gasteiger partial charge in [-0.25, -0.2) is 12.8 Å². The Bertz CT molecular complexity index is 1130. The van der Waals surface area contributed by atoms with Crippen LogP contribution in [0, 0.1) is 12.7 Å². The lowest BCUT2D eigenvalue weighted by atomic mass is 10.1. The average molecular weight is 435 g/mol. The number of hydrogen-bond acceptors (Lipinski definition) is 4. The van der Waals surface area contributed by atoms with Gasteiger partial charge < -0.3 is 0 Å². The number of aryl methyl sites for hydroxylation is 1. The number of carbonyl (C=O) groups excluding carboxylic acids is 1. The van der Waals surface area contributed by atoms with Gasteiger partial charge in [0.2, 0.25) is 5.78 Å².